The molecule has 0 aromatic rings. The van der Waals surface area contributed by atoms with Gasteiger partial charge in [0.2, 0.25) is 11.8 Å². The second-order valence-corrected chi connectivity index (χ2v) is 7.59. The highest BCUT2D eigenvalue weighted by molar-refractivity contribution is 6.23. The van der Waals surface area contributed by atoms with Gasteiger partial charge in [-0.3, -0.25) is 24.8 Å². The summed E-state index contributed by atoms with van der Waals surface area (Å²) in [7, 11) is 1.37. The summed E-state index contributed by atoms with van der Waals surface area (Å²) in [6.45, 7) is 6.86. The average molecular weight is 305 g/mol. The van der Waals surface area contributed by atoms with Crippen LogP contribution in [0.3, 0.4) is 0 Å². The number of nitrogens with zero attached hydrogens (tertiary/aromatic N) is 2. The lowest BCUT2D eigenvalue weighted by atomic mass is 9.69. The lowest BCUT2D eigenvalue weighted by Gasteiger charge is -2.37. The summed E-state index contributed by atoms with van der Waals surface area (Å²) in [4.78, 5) is 40.9. The monoisotopic (exact) mass is 305 g/mol. The Kier molecular flexibility index (Phi) is 3.20. The molecule has 6 heteroatoms. The van der Waals surface area contributed by atoms with E-state index in [2.05, 4.69) is 31.1 Å². The second kappa shape index (κ2) is 4.64. The van der Waals surface area contributed by atoms with Crippen molar-refractivity contribution in [2.45, 2.75) is 46.1 Å². The van der Waals surface area contributed by atoms with Gasteiger partial charge >= 0.3 is 6.03 Å². The summed E-state index contributed by atoms with van der Waals surface area (Å²) < 4.78 is 0. The first-order valence-corrected chi connectivity index (χ1v) is 7.84. The number of nitrogens with one attached hydrogen (secondary N) is 1. The minimum absolute atomic E-state index is 0.115. The molecule has 0 spiro atoms. The number of urea groups is 1. The Balaban J connectivity index is 1.79. The number of amides is 4. The van der Waals surface area contributed by atoms with Crippen molar-refractivity contribution in [2.24, 2.45) is 27.7 Å². The Morgan fingerprint density at radius 3 is 2.50 bits per heavy atom. The molecule has 0 aromatic carbocycles. The Morgan fingerprint density at radius 1 is 1.27 bits per heavy atom. The molecule has 6 nitrogen and oxygen atoms in total. The molecule has 1 unspecified atom stereocenters. The second-order valence-electron chi connectivity index (χ2n) is 7.59. The van der Waals surface area contributed by atoms with Crippen LogP contribution in [0.1, 0.15) is 40.0 Å². The van der Waals surface area contributed by atoms with Crippen LogP contribution < -0.4 is 5.32 Å². The average Bonchev–Trinajstić information content (AvgIpc) is 2.78. The van der Waals surface area contributed by atoms with Crippen LogP contribution >= 0.6 is 0 Å². The van der Waals surface area contributed by atoms with E-state index < -0.39 is 23.8 Å². The fraction of sp³-hybridized carbons (Fsp3) is 0.750. The van der Waals surface area contributed by atoms with E-state index in [0.29, 0.717) is 5.92 Å². The molecule has 1 aliphatic heterocycles. The molecule has 2 saturated carbocycles. The summed E-state index contributed by atoms with van der Waals surface area (Å²) >= 11 is 0. The molecule has 1 heterocycles. The molecule has 4 amide bonds. The molecule has 1 saturated heterocycles. The van der Waals surface area contributed by atoms with Crippen molar-refractivity contribution in [1.82, 2.24) is 10.2 Å². The molecule has 4 atom stereocenters. The SMILES string of the molecule is CN1C(=O)NC(=O)C(C=N[C@@H]2C[C@@H]3CC[C@]2(C)C3(C)C)C1=O. The van der Waals surface area contributed by atoms with Gasteiger partial charge in [0, 0.05) is 13.3 Å². The van der Waals surface area contributed by atoms with Crippen molar-refractivity contribution in [2.75, 3.05) is 7.05 Å². The molecule has 3 rings (SSSR count). The quantitative estimate of drug-likeness (QED) is 0.621. The molecule has 120 valence electrons. The van der Waals surface area contributed by atoms with Gasteiger partial charge in [0.25, 0.3) is 0 Å². The minimum Gasteiger partial charge on any atom is -0.292 e. The zero-order chi connectivity index (χ0) is 16.3. The Labute approximate surface area is 130 Å². The molecule has 1 N–H and O–H groups in total. The van der Waals surface area contributed by atoms with Gasteiger partial charge in [0.1, 0.15) is 0 Å². The summed E-state index contributed by atoms with van der Waals surface area (Å²) in [6, 6.07) is -0.530. The summed E-state index contributed by atoms with van der Waals surface area (Å²) in [5.41, 5.74) is 0.352. The topological polar surface area (TPSA) is 78.8 Å². The van der Waals surface area contributed by atoms with Crippen LogP contribution in [0.4, 0.5) is 4.79 Å². The third-order valence-electron chi connectivity index (χ3n) is 6.58. The number of aliphatic imine (C=N–C) groups is 1. The highest BCUT2D eigenvalue weighted by atomic mass is 16.2. The van der Waals surface area contributed by atoms with Gasteiger partial charge in [-0.1, -0.05) is 20.8 Å². The number of fused-ring (bicyclic) bond motifs is 2. The Hall–Kier alpha value is -1.72. The molecule has 0 radical (unpaired) electrons. The number of carbonyl (C=O) groups is 3. The minimum atomic E-state index is -0.992. The van der Waals surface area contributed by atoms with Crippen molar-refractivity contribution in [1.29, 1.82) is 0 Å². The lowest BCUT2D eigenvalue weighted by Crippen LogP contribution is -2.56. The van der Waals surface area contributed by atoms with E-state index in [1.165, 1.54) is 19.7 Å². The van der Waals surface area contributed by atoms with Crippen LogP contribution in [0.5, 0.6) is 0 Å². The van der Waals surface area contributed by atoms with Crippen LogP contribution in [-0.2, 0) is 9.59 Å². The van der Waals surface area contributed by atoms with E-state index in [-0.39, 0.29) is 16.9 Å². The van der Waals surface area contributed by atoms with E-state index in [1.807, 2.05) is 0 Å². The Bertz CT molecular complexity index is 583. The van der Waals surface area contributed by atoms with Gasteiger partial charge in [0.15, 0.2) is 5.92 Å². The highest BCUT2D eigenvalue weighted by Gasteiger charge is 2.61. The summed E-state index contributed by atoms with van der Waals surface area (Å²) in [5, 5.41) is 2.18. The number of barbiturate groups is 1. The van der Waals surface area contributed by atoms with E-state index in [9.17, 15) is 14.4 Å². The van der Waals surface area contributed by atoms with Crippen LogP contribution in [0.15, 0.2) is 4.99 Å². The van der Waals surface area contributed by atoms with E-state index in [4.69, 9.17) is 0 Å². The molecule has 22 heavy (non-hydrogen) atoms. The van der Waals surface area contributed by atoms with Gasteiger partial charge < -0.3 is 0 Å². The van der Waals surface area contributed by atoms with E-state index in [1.54, 1.807) is 0 Å². The first-order chi connectivity index (χ1) is 10.2. The van der Waals surface area contributed by atoms with Crippen LogP contribution in [-0.4, -0.2) is 42.0 Å². The standard InChI is InChI=1S/C16H23N3O3/c1-15(2)9-5-6-16(15,3)11(7-9)17-8-10-12(20)18-14(22)19(4)13(10)21/h8-11H,5-7H2,1-4H3,(H,18,20,22)/t9-,10?,11+,16-/m0/s1. The Morgan fingerprint density at radius 2 is 1.95 bits per heavy atom. The number of rotatable bonds is 2. The van der Waals surface area contributed by atoms with Gasteiger partial charge in [-0.2, -0.15) is 0 Å². The third-order valence-corrected chi connectivity index (χ3v) is 6.58. The molecule has 2 bridgehead atoms. The molecule has 2 aliphatic carbocycles. The predicted molar refractivity (Wildman–Crippen MR) is 81.3 cm³/mol. The maximum atomic E-state index is 12.1. The van der Waals surface area contributed by atoms with Crippen molar-refractivity contribution in [3.05, 3.63) is 0 Å². The number of hydrogen-bond donors (Lipinski definition) is 1. The lowest BCUT2D eigenvalue weighted by molar-refractivity contribution is -0.138. The van der Waals surface area contributed by atoms with Crippen LogP contribution in [0.2, 0.25) is 0 Å². The van der Waals surface area contributed by atoms with Gasteiger partial charge in [-0.15, -0.1) is 0 Å². The van der Waals surface area contributed by atoms with Gasteiger partial charge in [0.05, 0.1) is 6.04 Å². The van der Waals surface area contributed by atoms with E-state index >= 15 is 0 Å². The molecular formula is C16H23N3O3. The van der Waals surface area contributed by atoms with Crippen LogP contribution in [0.25, 0.3) is 0 Å². The van der Waals surface area contributed by atoms with Crippen molar-refractivity contribution >= 4 is 24.1 Å². The molecule has 0 aromatic heterocycles. The first kappa shape index (κ1) is 15.2. The van der Waals surface area contributed by atoms with Crippen molar-refractivity contribution < 1.29 is 14.4 Å². The zero-order valence-electron chi connectivity index (χ0n) is 13.5. The van der Waals surface area contributed by atoms with Gasteiger partial charge in [-0.05, 0) is 36.0 Å². The fourth-order valence-electron chi connectivity index (χ4n) is 4.40. The molecule has 3 aliphatic rings. The largest absolute Gasteiger partial charge is 0.330 e. The maximum Gasteiger partial charge on any atom is 0.330 e. The van der Waals surface area contributed by atoms with Crippen molar-refractivity contribution in [3.63, 3.8) is 0 Å². The van der Waals surface area contributed by atoms with E-state index in [0.717, 1.165) is 17.7 Å². The molecular weight excluding hydrogens is 282 g/mol. The number of carbonyl (C=O) groups excluding carboxylic acids is 3. The van der Waals surface area contributed by atoms with Crippen LogP contribution in [0, 0.1) is 22.7 Å². The van der Waals surface area contributed by atoms with Gasteiger partial charge in [-0.25, -0.2) is 4.79 Å². The first-order valence-electron chi connectivity index (χ1n) is 7.84. The smallest absolute Gasteiger partial charge is 0.292 e. The zero-order valence-corrected chi connectivity index (χ0v) is 13.5. The number of imide groups is 2. The fourth-order valence-corrected chi connectivity index (χ4v) is 4.40. The molecule has 3 fully saturated rings. The number of hydrogen-bond acceptors (Lipinski definition) is 4. The predicted octanol–water partition coefficient (Wildman–Crippen LogP) is 1.60. The third kappa shape index (κ3) is 1.85. The maximum absolute atomic E-state index is 12.1. The highest BCUT2D eigenvalue weighted by Crippen LogP contribution is 2.66. The summed E-state index contributed by atoms with van der Waals surface area (Å²) in [6.07, 6.45) is 4.83. The van der Waals surface area contributed by atoms with Crippen molar-refractivity contribution in [3.8, 4) is 0 Å². The normalized spacial score (nSPS) is 40.6. The summed E-state index contributed by atoms with van der Waals surface area (Å²) in [5.74, 6) is -1.43.